The van der Waals surface area contributed by atoms with E-state index in [1.807, 2.05) is 36.4 Å². The van der Waals surface area contributed by atoms with Crippen LogP contribution in [-0.2, 0) is 12.8 Å². The maximum absolute atomic E-state index is 5.93. The van der Waals surface area contributed by atoms with Crippen molar-refractivity contribution in [2.45, 2.75) is 12.8 Å². The highest BCUT2D eigenvalue weighted by Gasteiger charge is 1.97. The summed E-state index contributed by atoms with van der Waals surface area (Å²) in [7, 11) is 0. The first-order valence-corrected chi connectivity index (χ1v) is 5.98. The van der Waals surface area contributed by atoms with Crippen molar-refractivity contribution in [2.75, 3.05) is 0 Å². The van der Waals surface area contributed by atoms with Gasteiger partial charge in [-0.2, -0.15) is 0 Å². The van der Waals surface area contributed by atoms with Crippen LogP contribution in [0.15, 0.2) is 48.5 Å². The van der Waals surface area contributed by atoms with Gasteiger partial charge in [0.15, 0.2) is 0 Å². The number of aryl methyl sites for hydroxylation is 2. The number of benzene rings is 2. The summed E-state index contributed by atoms with van der Waals surface area (Å²) in [4.78, 5) is 0. The fraction of sp³-hybridized carbons (Fsp3) is 0.143. The Morgan fingerprint density at radius 3 is 1.50 bits per heavy atom. The molecule has 2 aromatic carbocycles. The SMILES string of the molecule is Clc1cccc(CCc2cccc(Cl)c2)c1. The van der Waals surface area contributed by atoms with Crippen molar-refractivity contribution in [2.24, 2.45) is 0 Å². The van der Waals surface area contributed by atoms with E-state index in [4.69, 9.17) is 23.2 Å². The summed E-state index contributed by atoms with van der Waals surface area (Å²) < 4.78 is 0. The van der Waals surface area contributed by atoms with Crippen LogP contribution in [0.2, 0.25) is 10.0 Å². The van der Waals surface area contributed by atoms with Crippen molar-refractivity contribution in [3.05, 3.63) is 69.7 Å². The number of rotatable bonds is 3. The monoisotopic (exact) mass is 250 g/mol. The molecular formula is C14H12Cl2. The molecule has 0 radical (unpaired) electrons. The highest BCUT2D eigenvalue weighted by atomic mass is 35.5. The molecular weight excluding hydrogens is 239 g/mol. The Hall–Kier alpha value is -0.980. The Morgan fingerprint density at radius 2 is 1.12 bits per heavy atom. The molecule has 0 bridgehead atoms. The van der Waals surface area contributed by atoms with Crippen molar-refractivity contribution in [3.63, 3.8) is 0 Å². The molecule has 0 nitrogen and oxygen atoms in total. The van der Waals surface area contributed by atoms with Crippen LogP contribution in [0, 0.1) is 0 Å². The van der Waals surface area contributed by atoms with Gasteiger partial charge >= 0.3 is 0 Å². The van der Waals surface area contributed by atoms with Gasteiger partial charge in [0.2, 0.25) is 0 Å². The summed E-state index contributed by atoms with van der Waals surface area (Å²) in [5.74, 6) is 0. The summed E-state index contributed by atoms with van der Waals surface area (Å²) in [6.45, 7) is 0. The van der Waals surface area contributed by atoms with Gasteiger partial charge in [0.05, 0.1) is 0 Å². The van der Waals surface area contributed by atoms with E-state index < -0.39 is 0 Å². The summed E-state index contributed by atoms with van der Waals surface area (Å²) in [6, 6.07) is 15.9. The van der Waals surface area contributed by atoms with Crippen molar-refractivity contribution in [3.8, 4) is 0 Å². The van der Waals surface area contributed by atoms with Crippen LogP contribution in [0.4, 0.5) is 0 Å². The lowest BCUT2D eigenvalue weighted by Gasteiger charge is -2.03. The average Bonchev–Trinajstić information content (AvgIpc) is 2.27. The van der Waals surface area contributed by atoms with Crippen molar-refractivity contribution in [1.82, 2.24) is 0 Å². The van der Waals surface area contributed by atoms with Crippen molar-refractivity contribution < 1.29 is 0 Å². The highest BCUT2D eigenvalue weighted by Crippen LogP contribution is 2.15. The zero-order valence-corrected chi connectivity index (χ0v) is 10.3. The molecule has 2 aromatic rings. The lowest BCUT2D eigenvalue weighted by molar-refractivity contribution is 0.960. The molecule has 0 saturated heterocycles. The van der Waals surface area contributed by atoms with E-state index in [2.05, 4.69) is 12.1 Å². The van der Waals surface area contributed by atoms with E-state index in [1.54, 1.807) is 0 Å². The fourth-order valence-electron chi connectivity index (χ4n) is 1.67. The van der Waals surface area contributed by atoms with Gasteiger partial charge in [-0.1, -0.05) is 47.5 Å². The van der Waals surface area contributed by atoms with E-state index in [9.17, 15) is 0 Å². The van der Waals surface area contributed by atoms with Crippen LogP contribution in [0.5, 0.6) is 0 Å². The molecule has 16 heavy (non-hydrogen) atoms. The molecule has 0 aliphatic carbocycles. The first-order valence-electron chi connectivity index (χ1n) is 5.23. The fourth-order valence-corrected chi connectivity index (χ4v) is 2.10. The molecule has 0 amide bonds. The minimum atomic E-state index is 0.795. The summed E-state index contributed by atoms with van der Waals surface area (Å²) in [5, 5.41) is 1.59. The molecule has 0 saturated carbocycles. The molecule has 0 heterocycles. The third-order valence-electron chi connectivity index (χ3n) is 2.48. The van der Waals surface area contributed by atoms with E-state index in [1.165, 1.54) is 11.1 Å². The van der Waals surface area contributed by atoms with Gasteiger partial charge in [0, 0.05) is 10.0 Å². The first-order chi connectivity index (χ1) is 7.74. The topological polar surface area (TPSA) is 0 Å². The predicted molar refractivity (Wildman–Crippen MR) is 70.3 cm³/mol. The van der Waals surface area contributed by atoms with Crippen LogP contribution in [0.1, 0.15) is 11.1 Å². The smallest absolute Gasteiger partial charge is 0.0408 e. The lowest BCUT2D eigenvalue weighted by Crippen LogP contribution is -1.90. The number of hydrogen-bond acceptors (Lipinski definition) is 0. The average molecular weight is 251 g/mol. The van der Waals surface area contributed by atoms with E-state index in [0.717, 1.165) is 22.9 Å². The zero-order chi connectivity index (χ0) is 11.4. The first kappa shape index (κ1) is 11.5. The quantitative estimate of drug-likeness (QED) is 0.736. The summed E-state index contributed by atoms with van der Waals surface area (Å²) in [6.07, 6.45) is 1.97. The molecule has 0 atom stereocenters. The van der Waals surface area contributed by atoms with Gasteiger partial charge in [-0.25, -0.2) is 0 Å². The van der Waals surface area contributed by atoms with Gasteiger partial charge in [-0.3, -0.25) is 0 Å². The van der Waals surface area contributed by atoms with Gasteiger partial charge in [-0.05, 0) is 48.2 Å². The standard InChI is InChI=1S/C14H12Cl2/c15-13-5-1-3-11(9-13)7-8-12-4-2-6-14(16)10-12/h1-6,9-10H,7-8H2. The van der Waals surface area contributed by atoms with Crippen LogP contribution in [0.25, 0.3) is 0 Å². The molecule has 82 valence electrons. The van der Waals surface area contributed by atoms with Crippen molar-refractivity contribution in [1.29, 1.82) is 0 Å². The number of hydrogen-bond donors (Lipinski definition) is 0. The maximum Gasteiger partial charge on any atom is 0.0408 e. The van der Waals surface area contributed by atoms with E-state index >= 15 is 0 Å². The molecule has 0 unspecified atom stereocenters. The lowest BCUT2D eigenvalue weighted by atomic mass is 10.0. The van der Waals surface area contributed by atoms with Crippen LogP contribution >= 0.6 is 23.2 Å². The molecule has 0 aliphatic rings. The third-order valence-corrected chi connectivity index (χ3v) is 2.95. The van der Waals surface area contributed by atoms with Gasteiger partial charge in [0.25, 0.3) is 0 Å². The molecule has 0 fully saturated rings. The molecule has 0 aromatic heterocycles. The molecule has 2 rings (SSSR count). The van der Waals surface area contributed by atoms with Gasteiger partial charge in [-0.15, -0.1) is 0 Å². The zero-order valence-electron chi connectivity index (χ0n) is 8.79. The minimum Gasteiger partial charge on any atom is -0.0843 e. The second-order valence-electron chi connectivity index (χ2n) is 3.76. The van der Waals surface area contributed by atoms with Crippen LogP contribution < -0.4 is 0 Å². The summed E-state index contributed by atoms with van der Waals surface area (Å²) >= 11 is 11.9. The summed E-state index contributed by atoms with van der Waals surface area (Å²) in [5.41, 5.74) is 2.51. The van der Waals surface area contributed by atoms with E-state index in [0.29, 0.717) is 0 Å². The van der Waals surface area contributed by atoms with Gasteiger partial charge in [0.1, 0.15) is 0 Å². The molecule has 0 spiro atoms. The Labute approximate surface area is 106 Å². The second-order valence-corrected chi connectivity index (χ2v) is 4.63. The molecule has 2 heteroatoms. The third kappa shape index (κ3) is 3.26. The Balaban J connectivity index is 2.02. The minimum absolute atomic E-state index is 0.795. The van der Waals surface area contributed by atoms with E-state index in [-0.39, 0.29) is 0 Å². The Kier molecular flexibility index (Phi) is 3.87. The number of halogens is 2. The molecule has 0 N–H and O–H groups in total. The van der Waals surface area contributed by atoms with Gasteiger partial charge < -0.3 is 0 Å². The Bertz CT molecular complexity index is 432. The highest BCUT2D eigenvalue weighted by molar-refractivity contribution is 6.30. The van der Waals surface area contributed by atoms with Crippen molar-refractivity contribution >= 4 is 23.2 Å². The second kappa shape index (κ2) is 5.38. The normalized spacial score (nSPS) is 10.4. The predicted octanol–water partition coefficient (Wildman–Crippen LogP) is 4.78. The molecule has 0 aliphatic heterocycles. The van der Waals surface area contributed by atoms with Crippen LogP contribution in [0.3, 0.4) is 0 Å². The van der Waals surface area contributed by atoms with Crippen LogP contribution in [-0.4, -0.2) is 0 Å². The largest absolute Gasteiger partial charge is 0.0843 e. The maximum atomic E-state index is 5.93. The Morgan fingerprint density at radius 1 is 0.688 bits per heavy atom.